The molecule has 0 bridgehead atoms. The standard InChI is InChI=1S/C19H19F5NO5P.C7H15NO2.C6H5Cl2O2P.ClH.HI/c1-10(2)9-12(19(26)28-3)25-31(27,29-11-7-5-4-6-8-11)30-18-16(23)14(21)13(20)15(22)17(18)24;1-5(2)4-6(8)7(9)10-3;7-11(8,9)10-6-4-2-1-3-5-6;;/h4-8,10,12H,9H2,1-3H3,(H,25,27);5-6H,4,8H2,1-3H3;1-5H;2*1H/p-1/t12-,31-;6-;;;/m00.../s1. The summed E-state index contributed by atoms with van der Waals surface area (Å²) in [4.78, 5) is 22.8. The number of hydrogen-bond acceptors (Lipinski definition) is 10. The van der Waals surface area contributed by atoms with Gasteiger partial charge in [-0.1, -0.05) is 64.1 Å². The molecule has 306 valence electrons. The summed E-state index contributed by atoms with van der Waals surface area (Å²) in [5, 5.41) is 2.18. The van der Waals surface area contributed by atoms with Crippen LogP contribution < -0.4 is 48.4 Å². The molecular formula is C32H40Cl3F5IN2O9P2-. The minimum atomic E-state index is -4.94. The third-order valence-corrected chi connectivity index (χ3v) is 8.38. The second kappa shape index (κ2) is 25.7. The van der Waals surface area contributed by atoms with Crippen LogP contribution in [-0.4, -0.2) is 38.2 Å². The van der Waals surface area contributed by atoms with Gasteiger partial charge in [0.2, 0.25) is 34.8 Å². The number of methoxy groups -OCH3 is 2. The van der Waals surface area contributed by atoms with E-state index in [4.69, 9.17) is 37.3 Å². The highest BCUT2D eigenvalue weighted by atomic mass is 127. The van der Waals surface area contributed by atoms with Gasteiger partial charge < -0.3 is 52.8 Å². The molecule has 22 heteroatoms. The van der Waals surface area contributed by atoms with E-state index in [0.717, 1.165) is 7.11 Å². The van der Waals surface area contributed by atoms with Crippen molar-refractivity contribution in [2.45, 2.75) is 52.6 Å². The summed E-state index contributed by atoms with van der Waals surface area (Å²) in [7, 11) is -2.54. The van der Waals surface area contributed by atoms with Crippen LogP contribution in [0.2, 0.25) is 0 Å². The zero-order chi connectivity index (χ0) is 39.8. The number of esters is 2. The minimum absolute atomic E-state index is 0. The summed E-state index contributed by atoms with van der Waals surface area (Å²) < 4.78 is 116. The minimum Gasteiger partial charge on any atom is -1.00 e. The Bertz CT molecular complexity index is 1670. The van der Waals surface area contributed by atoms with Crippen molar-refractivity contribution in [2.75, 3.05) is 14.2 Å². The van der Waals surface area contributed by atoms with Gasteiger partial charge in [-0.2, -0.15) is 13.9 Å². The fourth-order valence-electron chi connectivity index (χ4n) is 3.84. The monoisotopic (exact) mass is 985 g/mol. The van der Waals surface area contributed by atoms with Crippen LogP contribution in [0.25, 0.3) is 0 Å². The lowest BCUT2D eigenvalue weighted by Gasteiger charge is -2.25. The number of nitrogens with one attached hydrogen (secondary N) is 1. The van der Waals surface area contributed by atoms with E-state index in [1.54, 1.807) is 50.2 Å². The predicted octanol–water partition coefficient (Wildman–Crippen LogP) is 6.74. The first-order chi connectivity index (χ1) is 24.1. The van der Waals surface area contributed by atoms with Crippen LogP contribution in [-0.2, 0) is 28.2 Å². The van der Waals surface area contributed by atoms with Gasteiger partial charge >= 0.3 is 25.8 Å². The molecule has 11 nitrogen and oxygen atoms in total. The summed E-state index contributed by atoms with van der Waals surface area (Å²) in [6.07, 6.45) is -2.73. The first-order valence-corrected chi connectivity index (χ1v) is 20.1. The lowest BCUT2D eigenvalue weighted by molar-refractivity contribution is -0.143. The van der Waals surface area contributed by atoms with Gasteiger partial charge in [0.05, 0.1) is 14.2 Å². The Morgan fingerprint density at radius 3 is 1.44 bits per heavy atom. The molecule has 0 aromatic heterocycles. The summed E-state index contributed by atoms with van der Waals surface area (Å²) in [6, 6.07) is 13.8. The molecule has 0 fully saturated rings. The molecule has 0 spiro atoms. The Hall–Kier alpha value is -2.37. The highest BCUT2D eigenvalue weighted by Gasteiger charge is 2.39. The molecule has 0 saturated heterocycles. The highest BCUT2D eigenvalue weighted by molar-refractivity contribution is 8.05. The third-order valence-electron chi connectivity index (χ3n) is 6.04. The first-order valence-electron chi connectivity index (χ1n) is 15.1. The molecule has 0 saturated carbocycles. The maximum Gasteiger partial charge on any atom is 0.513 e. The van der Waals surface area contributed by atoms with Crippen LogP contribution in [0, 0.1) is 40.9 Å². The van der Waals surface area contributed by atoms with Crippen molar-refractivity contribution in [1.82, 2.24) is 5.09 Å². The van der Waals surface area contributed by atoms with Crippen molar-refractivity contribution in [3.05, 3.63) is 89.7 Å². The molecule has 3 N–H and O–H groups in total. The third kappa shape index (κ3) is 19.5. The van der Waals surface area contributed by atoms with Crippen LogP contribution in [0.1, 0.15) is 40.5 Å². The van der Waals surface area contributed by atoms with Gasteiger partial charge in [-0.3, -0.25) is 9.59 Å². The van der Waals surface area contributed by atoms with Crippen LogP contribution >= 0.6 is 48.7 Å². The average Bonchev–Trinajstić information content (AvgIpc) is 3.07. The summed E-state index contributed by atoms with van der Waals surface area (Å²) in [5.74, 6) is -14.2. The van der Waals surface area contributed by atoms with Crippen molar-refractivity contribution < 1.29 is 87.7 Å². The molecule has 0 heterocycles. The fourth-order valence-corrected chi connectivity index (χ4v) is 6.22. The molecular weight excluding hydrogens is 947 g/mol. The number of rotatable bonds is 14. The maximum atomic E-state index is 14.1. The van der Waals surface area contributed by atoms with Gasteiger partial charge in [0.25, 0.3) is 0 Å². The zero-order valence-electron chi connectivity index (χ0n) is 29.6. The first kappa shape index (κ1) is 53.7. The molecule has 0 aliphatic rings. The van der Waals surface area contributed by atoms with E-state index >= 15 is 0 Å². The smallest absolute Gasteiger partial charge is 0.513 e. The molecule has 0 aliphatic carbocycles. The molecule has 0 amide bonds. The van der Waals surface area contributed by atoms with Gasteiger partial charge in [0.15, 0.2) is 0 Å². The highest BCUT2D eigenvalue weighted by Crippen LogP contribution is 2.57. The SMILES string of the molecule is COC(=O)[C@@H](N)CC(C)C.COC(=O)[C@H](CC(C)C)N[P@](=O)(Oc1ccccc1)Oc1c(F)c(F)c(F)c(F)c1F.Cl.O=P(Cl)(Cl)Oc1ccccc1.[I-]. The van der Waals surface area contributed by atoms with E-state index in [0.29, 0.717) is 18.1 Å². The van der Waals surface area contributed by atoms with Crippen molar-refractivity contribution in [1.29, 1.82) is 0 Å². The van der Waals surface area contributed by atoms with Crippen LogP contribution in [0.15, 0.2) is 60.7 Å². The van der Waals surface area contributed by atoms with Crippen molar-refractivity contribution >= 4 is 60.6 Å². The predicted molar refractivity (Wildman–Crippen MR) is 193 cm³/mol. The van der Waals surface area contributed by atoms with Gasteiger partial charge in [0, 0.05) is 22.5 Å². The normalized spacial score (nSPS) is 12.8. The lowest BCUT2D eigenvalue weighted by atomic mass is 10.1. The van der Waals surface area contributed by atoms with Gasteiger partial charge in [-0.25, -0.2) is 22.3 Å². The van der Waals surface area contributed by atoms with Crippen molar-refractivity contribution in [3.8, 4) is 17.2 Å². The molecule has 3 atom stereocenters. The molecule has 0 radical (unpaired) electrons. The van der Waals surface area contributed by atoms with E-state index in [-0.39, 0.29) is 60.4 Å². The van der Waals surface area contributed by atoms with Gasteiger partial charge in [0.1, 0.15) is 23.6 Å². The molecule has 54 heavy (non-hydrogen) atoms. The number of ether oxygens (including phenoxy) is 2. The second-order valence-electron chi connectivity index (χ2n) is 11.3. The maximum absolute atomic E-state index is 14.1. The number of halogens is 9. The van der Waals surface area contributed by atoms with E-state index in [1.165, 1.54) is 31.4 Å². The van der Waals surface area contributed by atoms with E-state index in [2.05, 4.69) is 19.1 Å². The number of para-hydroxylation sites is 2. The van der Waals surface area contributed by atoms with Crippen molar-refractivity contribution in [3.63, 3.8) is 0 Å². The molecule has 0 aliphatic heterocycles. The second-order valence-corrected chi connectivity index (χ2v) is 17.1. The Labute approximate surface area is 343 Å². The van der Waals surface area contributed by atoms with E-state index < -0.39 is 66.7 Å². The van der Waals surface area contributed by atoms with Crippen LogP contribution in [0.4, 0.5) is 22.0 Å². The fraction of sp³-hybridized carbons (Fsp3) is 0.375. The Balaban J connectivity index is 0. The number of nitrogens with two attached hydrogens (primary N) is 1. The van der Waals surface area contributed by atoms with Crippen molar-refractivity contribution in [2.24, 2.45) is 17.6 Å². The largest absolute Gasteiger partial charge is 1.00 e. The molecule has 0 unspecified atom stereocenters. The Morgan fingerprint density at radius 1 is 0.685 bits per heavy atom. The number of carbonyl (C=O) groups is 2. The topological polar surface area (TPSA) is 152 Å². The summed E-state index contributed by atoms with van der Waals surface area (Å²) >= 11 is 10.3. The van der Waals surface area contributed by atoms with Gasteiger partial charge in [-0.05, 0) is 48.9 Å². The summed E-state index contributed by atoms with van der Waals surface area (Å²) in [5.41, 5.74) is 5.45. The Kier molecular flexibility index (Phi) is 25.6. The quantitative estimate of drug-likeness (QED) is 0.0442. The Morgan fingerprint density at radius 2 is 1.07 bits per heavy atom. The molecule has 3 aromatic carbocycles. The van der Waals surface area contributed by atoms with Crippen LogP contribution in [0.5, 0.6) is 17.2 Å². The number of carbonyl (C=O) groups excluding carboxylic acids is 2. The van der Waals surface area contributed by atoms with E-state index in [9.17, 15) is 40.7 Å². The number of benzene rings is 3. The lowest BCUT2D eigenvalue weighted by Crippen LogP contribution is -3.00. The average molecular weight is 987 g/mol. The number of hydrogen-bond donors (Lipinski definition) is 2. The zero-order valence-corrected chi connectivity index (χ0v) is 35.8. The summed E-state index contributed by atoms with van der Waals surface area (Å²) in [6.45, 7) is 7.46. The molecule has 3 aromatic rings. The molecule has 3 rings (SSSR count). The van der Waals surface area contributed by atoms with Crippen LogP contribution in [0.3, 0.4) is 0 Å². The van der Waals surface area contributed by atoms with E-state index in [1.807, 2.05) is 13.8 Å². The van der Waals surface area contributed by atoms with Gasteiger partial charge in [-0.15, -0.1) is 12.4 Å².